The van der Waals surface area contributed by atoms with E-state index < -0.39 is 24.7 Å². The molecule has 7 aromatic rings. The smallest absolute Gasteiger partial charge is 0.427 e. The number of rotatable bonds is 15. The maximum absolute atomic E-state index is 14.8. The molecule has 29 heteroatoms. The molecule has 2 saturated heterocycles. The molecule has 7 heterocycles. The summed E-state index contributed by atoms with van der Waals surface area (Å²) in [5.41, 5.74) is 15.7. The molecule has 4 atom stereocenters. The highest BCUT2D eigenvalue weighted by atomic mass is 79.9. The van der Waals surface area contributed by atoms with Crippen molar-refractivity contribution in [1.29, 1.82) is 0 Å². The molecule has 3 aliphatic carbocycles. The van der Waals surface area contributed by atoms with Crippen molar-refractivity contribution in [3.05, 3.63) is 140 Å². The molecular weight excluding hydrogens is 1320 g/mol. The minimum Gasteiger partial charge on any atom is -0.427 e. The van der Waals surface area contributed by atoms with E-state index in [1.165, 1.54) is 43.2 Å². The van der Waals surface area contributed by atoms with E-state index in [2.05, 4.69) is 98.8 Å². The molecular formula is C63H69BBr2F3N15O8. The van der Waals surface area contributed by atoms with Crippen LogP contribution in [0.3, 0.4) is 0 Å². The van der Waals surface area contributed by atoms with E-state index >= 15 is 0 Å². The summed E-state index contributed by atoms with van der Waals surface area (Å²) in [5.74, 6) is 6.48. The average molecular weight is 1390 g/mol. The number of primary amides is 2. The van der Waals surface area contributed by atoms with Crippen LogP contribution in [-0.4, -0.2) is 163 Å². The molecule has 4 amide bonds. The number of methoxy groups -OCH3 is 2. The average Bonchev–Trinajstić information content (AvgIpc) is 1.64. The summed E-state index contributed by atoms with van der Waals surface area (Å²) in [6.45, 7) is 9.29. The second-order valence-corrected chi connectivity index (χ2v) is 24.1. The summed E-state index contributed by atoms with van der Waals surface area (Å²) < 4.78 is 59.6. The van der Waals surface area contributed by atoms with Gasteiger partial charge in [-0.05, 0) is 136 Å². The van der Waals surface area contributed by atoms with E-state index in [1.54, 1.807) is 84.3 Å². The second-order valence-electron chi connectivity index (χ2n) is 22.5. The van der Waals surface area contributed by atoms with Gasteiger partial charge in [0.25, 0.3) is 11.8 Å². The zero-order chi connectivity index (χ0) is 66.2. The predicted octanol–water partition coefficient (Wildman–Crippen LogP) is 7.62. The monoisotopic (exact) mass is 1390 g/mol. The van der Waals surface area contributed by atoms with Crippen molar-refractivity contribution in [3.8, 4) is 24.2 Å². The Balaban J connectivity index is 0.000000154. The van der Waals surface area contributed by atoms with Crippen molar-refractivity contribution in [2.24, 2.45) is 16.5 Å². The van der Waals surface area contributed by atoms with Crippen molar-refractivity contribution >= 4 is 102 Å². The van der Waals surface area contributed by atoms with E-state index in [9.17, 15) is 32.3 Å². The molecule has 0 unspecified atom stereocenters. The molecule has 8 N–H and O–H groups in total. The van der Waals surface area contributed by atoms with Crippen LogP contribution >= 0.6 is 31.9 Å². The fraction of sp³-hybridized carbons (Fsp3) is 0.381. The number of nitrogens with one attached hydrogen (secondary N) is 2. The van der Waals surface area contributed by atoms with Gasteiger partial charge in [0.05, 0.1) is 93.9 Å². The second kappa shape index (κ2) is 29.8. The Morgan fingerprint density at radius 3 is 1.63 bits per heavy atom. The van der Waals surface area contributed by atoms with E-state index in [1.807, 2.05) is 9.36 Å². The Labute approximate surface area is 545 Å². The summed E-state index contributed by atoms with van der Waals surface area (Å²) in [6, 6.07) is 9.73. The molecule has 482 valence electrons. The Morgan fingerprint density at radius 1 is 0.696 bits per heavy atom. The van der Waals surface area contributed by atoms with Gasteiger partial charge in [0.1, 0.15) is 45.9 Å². The van der Waals surface area contributed by atoms with Crippen LogP contribution in [0, 0.1) is 41.6 Å². The topological polar surface area (TPSA) is 293 Å². The molecule has 23 nitrogen and oxygen atoms in total. The first-order valence-corrected chi connectivity index (χ1v) is 31.1. The standard InChI is InChI=1S/C26H28FN7O3.C16H21N5O3.C10H8BrFN2.C8H5BrFN.C3H7BO2/c1-4-23(35)32-13-16(11-17(32)14-37-3)34-26(29-2)24(25(28)36)21(31-34)9-7-18-19-12-30-33(15-5-6-15)22(19)10-8-20(18)27;1-5-12-14(15(17)23)16(18-3)21(19-12)10-7-11(9-24-4)20(8-10)13(22)6-2;11-10-7-5-13-14(6-1-2-6)9(7)4-3-8(10)12;9-8-6-4-11-3-5(6)1-2-7(8)10;5-4(6)3-1-2-3/h4,8,10,12,15-17,29H,1,5-6,11,13-14H2,2-3H3,(H2,28,36);1,6,10-11,18H,2,7-9H2,3-4H3,(H2,17,23);3-6H,1-2H2;1-2,4H,3H2;3,5-6H,1-2H2/t16-,17+;10-,11+;;;/m00.../s1. The van der Waals surface area contributed by atoms with Crippen LogP contribution in [0.4, 0.5) is 24.8 Å². The van der Waals surface area contributed by atoms with Crippen LogP contribution < -0.4 is 22.1 Å². The first-order chi connectivity index (χ1) is 44.2. The number of fused-ring (bicyclic) bond motifs is 3. The van der Waals surface area contributed by atoms with Crippen molar-refractivity contribution in [3.63, 3.8) is 0 Å². The number of hydrogen-bond donors (Lipinski definition) is 6. The predicted molar refractivity (Wildman–Crippen MR) is 349 cm³/mol. The van der Waals surface area contributed by atoms with Gasteiger partial charge in [-0.3, -0.25) is 33.5 Å². The van der Waals surface area contributed by atoms with E-state index in [4.69, 9.17) is 37.4 Å². The van der Waals surface area contributed by atoms with Gasteiger partial charge in [0.2, 0.25) is 11.8 Å². The number of halogens is 5. The van der Waals surface area contributed by atoms with E-state index in [-0.39, 0.29) is 81.5 Å². The highest BCUT2D eigenvalue weighted by Gasteiger charge is 2.40. The number of aromatic nitrogens is 8. The van der Waals surface area contributed by atoms with Crippen molar-refractivity contribution < 1.29 is 51.9 Å². The molecule has 6 aliphatic rings. The van der Waals surface area contributed by atoms with Crippen LogP contribution in [0.25, 0.3) is 21.8 Å². The third kappa shape index (κ3) is 14.8. The van der Waals surface area contributed by atoms with Gasteiger partial charge < -0.3 is 51.4 Å². The number of aliphatic imine (C=N–C) groups is 1. The largest absolute Gasteiger partial charge is 0.454 e. The Morgan fingerprint density at radius 2 is 1.17 bits per heavy atom. The first-order valence-electron chi connectivity index (χ1n) is 29.5. The fourth-order valence-electron chi connectivity index (χ4n) is 11.3. The molecule has 0 spiro atoms. The zero-order valence-electron chi connectivity index (χ0n) is 51.0. The van der Waals surface area contributed by atoms with Crippen LogP contribution in [0.2, 0.25) is 5.82 Å². The first kappa shape index (κ1) is 67.8. The number of anilines is 2. The van der Waals surface area contributed by atoms with Gasteiger partial charge in [-0.1, -0.05) is 38.0 Å². The highest BCUT2D eigenvalue weighted by molar-refractivity contribution is 9.11. The molecule has 92 heavy (non-hydrogen) atoms. The Kier molecular flexibility index (Phi) is 22.0. The molecule has 3 saturated carbocycles. The molecule has 0 bridgehead atoms. The lowest BCUT2D eigenvalue weighted by Gasteiger charge is -2.22. The van der Waals surface area contributed by atoms with E-state index in [0.717, 1.165) is 53.2 Å². The minimum absolute atomic E-state index is 0.105. The fourth-order valence-corrected chi connectivity index (χ4v) is 12.2. The normalized spacial score (nSPS) is 18.3. The van der Waals surface area contributed by atoms with Gasteiger partial charge in [-0.25, -0.2) is 22.5 Å². The lowest BCUT2D eigenvalue weighted by Crippen LogP contribution is -2.37. The van der Waals surface area contributed by atoms with Crippen LogP contribution in [-0.2, 0) is 25.6 Å². The van der Waals surface area contributed by atoms with Crippen LogP contribution in [0.5, 0.6) is 0 Å². The van der Waals surface area contributed by atoms with E-state index in [0.29, 0.717) is 83.7 Å². The minimum atomic E-state index is -1.04. The van der Waals surface area contributed by atoms with Gasteiger partial charge in [-0.2, -0.15) is 20.4 Å². The molecule has 13 rings (SSSR count). The molecule has 3 aromatic carbocycles. The number of terminal acetylenes is 1. The summed E-state index contributed by atoms with van der Waals surface area (Å²) in [5, 5.41) is 41.5. The lowest BCUT2D eigenvalue weighted by molar-refractivity contribution is -0.128. The van der Waals surface area contributed by atoms with Gasteiger partial charge in [-0.15, -0.1) is 6.42 Å². The van der Waals surface area contributed by atoms with Crippen molar-refractivity contribution in [1.82, 2.24) is 48.9 Å². The number of ether oxygens (including phenoxy) is 2. The quantitative estimate of drug-likeness (QED) is 0.0327. The number of carbonyl (C=O) groups is 4. The molecule has 5 fully saturated rings. The third-order valence-electron chi connectivity index (χ3n) is 16.3. The lowest BCUT2D eigenvalue weighted by atomic mass is 9.84. The van der Waals surface area contributed by atoms with Gasteiger partial charge in [0, 0.05) is 64.0 Å². The van der Waals surface area contributed by atoms with Gasteiger partial charge >= 0.3 is 7.12 Å². The number of amides is 4. The molecule has 0 radical (unpaired) electrons. The summed E-state index contributed by atoms with van der Waals surface area (Å²) in [6.07, 6.45) is 20.6. The summed E-state index contributed by atoms with van der Waals surface area (Å²) in [4.78, 5) is 56.1. The van der Waals surface area contributed by atoms with Gasteiger partial charge in [0.15, 0.2) is 5.69 Å². The summed E-state index contributed by atoms with van der Waals surface area (Å²) in [7, 11) is 5.43. The molecule has 3 aliphatic heterocycles. The van der Waals surface area contributed by atoms with Crippen molar-refractivity contribution in [2.75, 3.05) is 65.3 Å². The zero-order valence-corrected chi connectivity index (χ0v) is 54.1. The SMILES string of the molecule is C#Cc1nn([C@H]2C[C@H](COC)N(C(=O)C=C)C2)c(NC)c1C(N)=O.C=CC(=O)N1C[C@@H](n2nc(C#Cc3c(F)ccc4c3cnn4C3CC3)c(C(N)=O)c2NC)C[C@@H]1COC.Fc1ccc2c(c1Br)C=NC2.Fc1ccc2c(cnn2C2CC2)c1Br.OB(O)C1CC1. The summed E-state index contributed by atoms with van der Waals surface area (Å²) >= 11 is 6.40. The third-order valence-corrected chi connectivity index (χ3v) is 17.9. The number of benzene rings is 3. The number of nitrogens with two attached hydrogens (primary N) is 2. The maximum Gasteiger partial charge on any atom is 0.454 e. The molecule has 4 aromatic heterocycles. The number of likely N-dealkylation sites (tertiary alicyclic amines) is 2. The maximum atomic E-state index is 14.8. The van der Waals surface area contributed by atoms with Crippen molar-refractivity contribution in [2.45, 2.75) is 100.0 Å². The highest BCUT2D eigenvalue weighted by Crippen LogP contribution is 2.40. The van der Waals surface area contributed by atoms with Crippen LogP contribution in [0.1, 0.15) is 124 Å². The van der Waals surface area contributed by atoms with Crippen LogP contribution in [0.15, 0.2) is 88.0 Å². The number of carbonyl (C=O) groups excluding carboxylic acids is 4. The Hall–Kier alpha value is -8.58. The number of hydrogen-bond acceptors (Lipinski definition) is 15. The number of nitrogens with zero attached hydrogens (tertiary/aromatic N) is 11. The Bertz CT molecular complexity index is 4100.